The van der Waals surface area contributed by atoms with Gasteiger partial charge >= 0.3 is 0 Å². The van der Waals surface area contributed by atoms with E-state index in [0.717, 1.165) is 20.9 Å². The lowest BCUT2D eigenvalue weighted by Gasteiger charge is -2.10. The number of fused-ring (bicyclic) bond motifs is 1. The number of aromatic nitrogens is 2. The van der Waals surface area contributed by atoms with Gasteiger partial charge in [0.2, 0.25) is 10.0 Å². The number of benzene rings is 2. The van der Waals surface area contributed by atoms with Crippen LogP contribution in [0.2, 0.25) is 0 Å². The van der Waals surface area contributed by atoms with E-state index in [-0.39, 0.29) is 17.7 Å². The maximum atomic E-state index is 12.7. The van der Waals surface area contributed by atoms with Crippen LogP contribution >= 0.6 is 15.9 Å². The van der Waals surface area contributed by atoms with Gasteiger partial charge in [0.1, 0.15) is 5.69 Å². The van der Waals surface area contributed by atoms with Crippen LogP contribution in [0.15, 0.2) is 46.9 Å². The highest BCUT2D eigenvalue weighted by Gasteiger charge is 2.17. The summed E-state index contributed by atoms with van der Waals surface area (Å²) in [5, 5.41) is 8.06. The number of aryl methyl sites for hydroxylation is 1. The molecule has 0 saturated heterocycles. The molecule has 0 spiro atoms. The van der Waals surface area contributed by atoms with Gasteiger partial charge in [0.25, 0.3) is 5.91 Å². The topological polar surface area (TPSA) is 93.1 Å². The van der Waals surface area contributed by atoms with Crippen LogP contribution in [0.4, 0.5) is 0 Å². The van der Waals surface area contributed by atoms with Crippen LogP contribution in [-0.2, 0) is 29.4 Å². The molecule has 2 aromatic carbocycles. The number of nitrogens with zero attached hydrogens (tertiary/aromatic N) is 2. The third-order valence-electron chi connectivity index (χ3n) is 4.26. The zero-order valence-corrected chi connectivity index (χ0v) is 18.8. The number of nitrogens with one attached hydrogen (secondary N) is 2. The molecule has 1 heterocycles. The standard InChI is InChI=1S/C20H23BrN4O3S/c1-13(2)24-29(27,28)12-15-6-4-14(5-7-15)11-22-20(26)19-17-9-8-16(21)10-18(17)23-25(19)3/h4-10,13,24H,11-12H2,1-3H3,(H,22,26). The molecule has 0 aliphatic heterocycles. The predicted molar refractivity (Wildman–Crippen MR) is 117 cm³/mol. The van der Waals surface area contributed by atoms with Crippen LogP contribution in [-0.4, -0.2) is 30.1 Å². The number of rotatable bonds is 7. The summed E-state index contributed by atoms with van der Waals surface area (Å²) in [5.74, 6) is -0.293. The Kier molecular flexibility index (Phi) is 6.40. The summed E-state index contributed by atoms with van der Waals surface area (Å²) in [6, 6.07) is 12.6. The van der Waals surface area contributed by atoms with Gasteiger partial charge in [-0.15, -0.1) is 0 Å². The number of hydrogen-bond donors (Lipinski definition) is 2. The lowest BCUT2D eigenvalue weighted by molar-refractivity contribution is 0.0943. The van der Waals surface area contributed by atoms with Gasteiger partial charge in [0, 0.05) is 29.5 Å². The van der Waals surface area contributed by atoms with Crippen molar-refractivity contribution < 1.29 is 13.2 Å². The van der Waals surface area contributed by atoms with Gasteiger partial charge < -0.3 is 5.32 Å². The monoisotopic (exact) mass is 478 g/mol. The van der Waals surface area contributed by atoms with E-state index in [1.165, 1.54) is 0 Å². The number of carbonyl (C=O) groups is 1. The van der Waals surface area contributed by atoms with Gasteiger partial charge in [0.05, 0.1) is 11.3 Å². The van der Waals surface area contributed by atoms with Crippen LogP contribution in [0.3, 0.4) is 0 Å². The third kappa shape index (κ3) is 5.43. The minimum atomic E-state index is -3.36. The molecule has 154 valence electrons. The molecule has 2 N–H and O–H groups in total. The maximum Gasteiger partial charge on any atom is 0.270 e. The lowest BCUT2D eigenvalue weighted by Crippen LogP contribution is -2.31. The third-order valence-corrected chi connectivity index (χ3v) is 6.30. The van der Waals surface area contributed by atoms with Gasteiger partial charge in [-0.25, -0.2) is 13.1 Å². The molecule has 0 atom stereocenters. The molecule has 0 aliphatic carbocycles. The molecule has 7 nitrogen and oxygen atoms in total. The van der Waals surface area contributed by atoms with Crippen LogP contribution in [0.1, 0.15) is 35.5 Å². The first-order chi connectivity index (χ1) is 13.6. The van der Waals surface area contributed by atoms with Crippen molar-refractivity contribution in [1.82, 2.24) is 19.8 Å². The van der Waals surface area contributed by atoms with Crippen molar-refractivity contribution in [3.8, 4) is 0 Å². The number of sulfonamides is 1. The molecule has 0 bridgehead atoms. The first kappa shape index (κ1) is 21.5. The molecule has 1 aromatic heterocycles. The summed E-state index contributed by atoms with van der Waals surface area (Å²) < 4.78 is 29.1. The zero-order chi connectivity index (χ0) is 21.2. The van der Waals surface area contributed by atoms with Crippen LogP contribution < -0.4 is 10.0 Å². The fourth-order valence-electron chi connectivity index (χ4n) is 3.08. The smallest absolute Gasteiger partial charge is 0.270 e. The Morgan fingerprint density at radius 2 is 1.79 bits per heavy atom. The van der Waals surface area contributed by atoms with E-state index in [2.05, 4.69) is 31.1 Å². The molecule has 0 aliphatic rings. The fourth-order valence-corrected chi connectivity index (χ4v) is 4.86. The Bertz CT molecular complexity index is 1140. The highest BCUT2D eigenvalue weighted by atomic mass is 79.9. The molecule has 0 saturated carbocycles. The highest BCUT2D eigenvalue weighted by Crippen LogP contribution is 2.22. The van der Waals surface area contributed by atoms with Gasteiger partial charge in [-0.3, -0.25) is 9.48 Å². The minimum Gasteiger partial charge on any atom is -0.347 e. The van der Waals surface area contributed by atoms with Gasteiger partial charge in [0.15, 0.2) is 0 Å². The van der Waals surface area contributed by atoms with Crippen molar-refractivity contribution in [3.05, 3.63) is 63.8 Å². The molecule has 0 unspecified atom stereocenters. The Hall–Kier alpha value is -2.23. The molecule has 9 heteroatoms. The number of amides is 1. The first-order valence-corrected chi connectivity index (χ1v) is 11.6. The highest BCUT2D eigenvalue weighted by molar-refractivity contribution is 9.10. The van der Waals surface area contributed by atoms with Gasteiger partial charge in [-0.1, -0.05) is 40.2 Å². The van der Waals surface area contributed by atoms with Crippen LogP contribution in [0.5, 0.6) is 0 Å². The Morgan fingerprint density at radius 3 is 2.45 bits per heavy atom. The molecule has 3 rings (SSSR count). The second kappa shape index (κ2) is 8.64. The van der Waals surface area contributed by atoms with E-state index in [1.54, 1.807) is 37.7 Å². The molecule has 29 heavy (non-hydrogen) atoms. The normalized spacial score (nSPS) is 11.9. The van der Waals surface area contributed by atoms with Crippen molar-refractivity contribution in [2.75, 3.05) is 0 Å². The first-order valence-electron chi connectivity index (χ1n) is 9.13. The molecule has 1 amide bonds. The second-order valence-electron chi connectivity index (χ2n) is 7.16. The molecular formula is C20H23BrN4O3S. The molecule has 0 fully saturated rings. The summed E-state index contributed by atoms with van der Waals surface area (Å²) >= 11 is 3.41. The van der Waals surface area contributed by atoms with Gasteiger partial charge in [-0.2, -0.15) is 5.10 Å². The number of carbonyl (C=O) groups excluding carboxylic acids is 1. The summed E-state index contributed by atoms with van der Waals surface area (Å²) in [7, 11) is -1.62. The van der Waals surface area contributed by atoms with E-state index < -0.39 is 10.0 Å². The Labute approximate surface area is 178 Å². The quantitative estimate of drug-likeness (QED) is 0.545. The predicted octanol–water partition coefficient (Wildman–Crippen LogP) is 3.09. The van der Waals surface area contributed by atoms with E-state index in [4.69, 9.17) is 0 Å². The van der Waals surface area contributed by atoms with E-state index >= 15 is 0 Å². The molecule has 0 radical (unpaired) electrons. The van der Waals surface area contributed by atoms with Crippen molar-refractivity contribution in [2.24, 2.45) is 7.05 Å². The summed E-state index contributed by atoms with van der Waals surface area (Å²) in [6.45, 7) is 3.90. The molecule has 3 aromatic rings. The number of halogens is 1. The zero-order valence-electron chi connectivity index (χ0n) is 16.4. The van der Waals surface area contributed by atoms with E-state index in [1.807, 2.05) is 30.3 Å². The Morgan fingerprint density at radius 1 is 1.14 bits per heavy atom. The summed E-state index contributed by atoms with van der Waals surface area (Å²) in [6.07, 6.45) is 0. The van der Waals surface area contributed by atoms with E-state index in [0.29, 0.717) is 17.8 Å². The van der Waals surface area contributed by atoms with Crippen molar-refractivity contribution >= 4 is 42.8 Å². The lowest BCUT2D eigenvalue weighted by atomic mass is 10.1. The van der Waals surface area contributed by atoms with Crippen molar-refractivity contribution in [3.63, 3.8) is 0 Å². The summed E-state index contributed by atoms with van der Waals surface area (Å²) in [4.78, 5) is 12.7. The SMILES string of the molecule is CC(C)NS(=O)(=O)Cc1ccc(CNC(=O)c2c3ccc(Br)cc3nn2C)cc1. The fraction of sp³-hybridized carbons (Fsp3) is 0.300. The Balaban J connectivity index is 1.66. The van der Waals surface area contributed by atoms with Crippen LogP contribution in [0, 0.1) is 0 Å². The number of hydrogen-bond acceptors (Lipinski definition) is 4. The van der Waals surface area contributed by atoms with E-state index in [9.17, 15) is 13.2 Å². The van der Waals surface area contributed by atoms with Gasteiger partial charge in [-0.05, 0) is 43.2 Å². The average molecular weight is 479 g/mol. The minimum absolute atomic E-state index is 0.0750. The largest absolute Gasteiger partial charge is 0.347 e. The summed E-state index contributed by atoms with van der Waals surface area (Å²) in [5.41, 5.74) is 2.81. The van der Waals surface area contributed by atoms with Crippen LogP contribution in [0.25, 0.3) is 10.9 Å². The average Bonchev–Trinajstić information content (AvgIpc) is 2.94. The molecular weight excluding hydrogens is 456 g/mol. The van der Waals surface area contributed by atoms with Crippen molar-refractivity contribution in [1.29, 1.82) is 0 Å². The van der Waals surface area contributed by atoms with Crippen molar-refractivity contribution in [2.45, 2.75) is 32.2 Å². The second-order valence-corrected chi connectivity index (χ2v) is 9.83. The maximum absolute atomic E-state index is 12.7.